The lowest BCUT2D eigenvalue weighted by molar-refractivity contribution is 0.253. The van der Waals surface area contributed by atoms with E-state index in [1.54, 1.807) is 0 Å². The second-order valence-corrected chi connectivity index (χ2v) is 5.17. The molecule has 1 aliphatic carbocycles. The van der Waals surface area contributed by atoms with Crippen LogP contribution in [0.5, 0.6) is 0 Å². The van der Waals surface area contributed by atoms with E-state index in [1.165, 1.54) is 31.7 Å². The lowest BCUT2D eigenvalue weighted by Crippen LogP contribution is -2.35. The van der Waals surface area contributed by atoms with Gasteiger partial charge in [-0.05, 0) is 24.7 Å². The van der Waals surface area contributed by atoms with Crippen molar-refractivity contribution >= 4 is 5.82 Å². The third-order valence-electron chi connectivity index (χ3n) is 3.64. The van der Waals surface area contributed by atoms with Crippen molar-refractivity contribution in [2.45, 2.75) is 45.6 Å². The Morgan fingerprint density at radius 1 is 1.29 bits per heavy atom. The minimum atomic E-state index is -0.473. The van der Waals surface area contributed by atoms with E-state index in [9.17, 15) is 4.39 Å². The zero-order valence-corrected chi connectivity index (χ0v) is 10.5. The fourth-order valence-electron chi connectivity index (χ4n) is 2.74. The number of nitrogens with zero attached hydrogens (tertiary/aromatic N) is 2. The lowest BCUT2D eigenvalue weighted by atomic mass is 9.78. The zero-order valence-electron chi connectivity index (χ0n) is 10.5. The number of hydrogen-bond acceptors (Lipinski definition) is 3. The third-order valence-corrected chi connectivity index (χ3v) is 3.64. The first kappa shape index (κ1) is 12.3. The topological polar surface area (TPSA) is 37.8 Å². The summed E-state index contributed by atoms with van der Waals surface area (Å²) in [5, 5.41) is 3.36. The minimum absolute atomic E-state index is 0.415. The number of halogens is 1. The quantitative estimate of drug-likeness (QED) is 0.820. The van der Waals surface area contributed by atoms with Crippen molar-refractivity contribution in [3.8, 4) is 0 Å². The standard InChI is InChI=1S/C13H20FN3/c1-9(2)10-5-3-4-6-11(10)17-13-7-12(14)15-8-16-13/h7-11H,3-6H2,1-2H3,(H,15,16,17). The van der Waals surface area contributed by atoms with Crippen LogP contribution in [0.3, 0.4) is 0 Å². The number of hydrogen-bond donors (Lipinski definition) is 1. The average Bonchev–Trinajstić information content (AvgIpc) is 2.29. The Balaban J connectivity index is 2.05. The van der Waals surface area contributed by atoms with Crippen LogP contribution in [-0.4, -0.2) is 16.0 Å². The van der Waals surface area contributed by atoms with Crippen molar-refractivity contribution in [2.24, 2.45) is 11.8 Å². The molecule has 3 nitrogen and oxygen atoms in total. The first-order valence-electron chi connectivity index (χ1n) is 6.41. The van der Waals surface area contributed by atoms with Crippen LogP contribution in [0.1, 0.15) is 39.5 Å². The highest BCUT2D eigenvalue weighted by Gasteiger charge is 2.27. The summed E-state index contributed by atoms with van der Waals surface area (Å²) in [5.41, 5.74) is 0. The number of aromatic nitrogens is 2. The van der Waals surface area contributed by atoms with Crippen LogP contribution in [0.15, 0.2) is 12.4 Å². The van der Waals surface area contributed by atoms with E-state index in [4.69, 9.17) is 0 Å². The van der Waals surface area contributed by atoms with Gasteiger partial charge in [0, 0.05) is 12.1 Å². The first-order valence-corrected chi connectivity index (χ1v) is 6.41. The van der Waals surface area contributed by atoms with E-state index in [2.05, 4.69) is 29.1 Å². The molecule has 0 spiro atoms. The molecule has 1 saturated carbocycles. The minimum Gasteiger partial charge on any atom is -0.367 e. The average molecular weight is 237 g/mol. The molecule has 0 saturated heterocycles. The van der Waals surface area contributed by atoms with Crippen molar-refractivity contribution < 1.29 is 4.39 Å². The third kappa shape index (κ3) is 3.14. The van der Waals surface area contributed by atoms with Crippen LogP contribution >= 0.6 is 0 Å². The molecule has 0 aromatic carbocycles. The van der Waals surface area contributed by atoms with Gasteiger partial charge >= 0.3 is 0 Å². The van der Waals surface area contributed by atoms with Gasteiger partial charge in [-0.25, -0.2) is 9.97 Å². The Labute approximate surface area is 102 Å². The van der Waals surface area contributed by atoms with Crippen molar-refractivity contribution in [3.63, 3.8) is 0 Å². The second-order valence-electron chi connectivity index (χ2n) is 5.17. The molecule has 1 aromatic heterocycles. The summed E-state index contributed by atoms with van der Waals surface area (Å²) < 4.78 is 13.0. The van der Waals surface area contributed by atoms with Gasteiger partial charge in [-0.1, -0.05) is 26.7 Å². The molecule has 0 amide bonds. The maximum absolute atomic E-state index is 13.0. The van der Waals surface area contributed by atoms with Gasteiger partial charge in [0.25, 0.3) is 0 Å². The Morgan fingerprint density at radius 2 is 2.06 bits per heavy atom. The Hall–Kier alpha value is -1.19. The fourth-order valence-corrected chi connectivity index (χ4v) is 2.74. The Bertz CT molecular complexity index is 367. The van der Waals surface area contributed by atoms with Crippen molar-refractivity contribution in [2.75, 3.05) is 5.32 Å². The van der Waals surface area contributed by atoms with Gasteiger partial charge in [0.05, 0.1) is 0 Å². The normalized spacial score (nSPS) is 24.9. The monoisotopic (exact) mass is 237 g/mol. The van der Waals surface area contributed by atoms with Gasteiger partial charge in [0.15, 0.2) is 0 Å². The van der Waals surface area contributed by atoms with E-state index < -0.39 is 5.95 Å². The SMILES string of the molecule is CC(C)C1CCCCC1Nc1cc(F)ncn1. The lowest BCUT2D eigenvalue weighted by Gasteiger charge is -2.35. The summed E-state index contributed by atoms with van der Waals surface area (Å²) in [6.07, 6.45) is 6.22. The van der Waals surface area contributed by atoms with E-state index in [-0.39, 0.29) is 0 Å². The van der Waals surface area contributed by atoms with E-state index in [0.717, 1.165) is 6.42 Å². The molecule has 1 aliphatic rings. The van der Waals surface area contributed by atoms with Crippen LogP contribution in [0.2, 0.25) is 0 Å². The Kier molecular flexibility index (Phi) is 3.92. The number of rotatable bonds is 3. The molecular formula is C13H20FN3. The maximum Gasteiger partial charge on any atom is 0.217 e. The molecule has 1 N–H and O–H groups in total. The summed E-state index contributed by atoms with van der Waals surface area (Å²) in [7, 11) is 0. The highest BCUT2D eigenvalue weighted by molar-refractivity contribution is 5.34. The summed E-state index contributed by atoms with van der Waals surface area (Å²) in [5.74, 6) is 1.44. The number of nitrogens with one attached hydrogen (secondary N) is 1. The van der Waals surface area contributed by atoms with Gasteiger partial charge in [-0.2, -0.15) is 4.39 Å². The summed E-state index contributed by atoms with van der Waals surface area (Å²) in [6, 6.07) is 1.78. The summed E-state index contributed by atoms with van der Waals surface area (Å²) >= 11 is 0. The van der Waals surface area contributed by atoms with Gasteiger partial charge in [0.1, 0.15) is 12.1 Å². The van der Waals surface area contributed by atoms with E-state index >= 15 is 0 Å². The highest BCUT2D eigenvalue weighted by Crippen LogP contribution is 2.31. The van der Waals surface area contributed by atoms with Crippen molar-refractivity contribution in [1.82, 2.24) is 9.97 Å². The van der Waals surface area contributed by atoms with E-state index in [1.807, 2.05) is 0 Å². The molecule has 94 valence electrons. The summed E-state index contributed by atoms with van der Waals surface area (Å²) in [6.45, 7) is 4.51. The second kappa shape index (κ2) is 5.43. The number of anilines is 1. The smallest absolute Gasteiger partial charge is 0.217 e. The zero-order chi connectivity index (χ0) is 12.3. The molecule has 1 heterocycles. The predicted octanol–water partition coefficient (Wildman–Crippen LogP) is 3.24. The van der Waals surface area contributed by atoms with Crippen molar-refractivity contribution in [1.29, 1.82) is 0 Å². The molecule has 0 bridgehead atoms. The fraction of sp³-hybridized carbons (Fsp3) is 0.692. The molecule has 1 aromatic rings. The maximum atomic E-state index is 13.0. The molecule has 1 fully saturated rings. The van der Waals surface area contributed by atoms with Crippen LogP contribution in [-0.2, 0) is 0 Å². The van der Waals surface area contributed by atoms with Gasteiger partial charge in [-0.15, -0.1) is 0 Å². The first-order chi connectivity index (χ1) is 8.16. The molecule has 2 unspecified atom stereocenters. The van der Waals surface area contributed by atoms with Crippen molar-refractivity contribution in [3.05, 3.63) is 18.3 Å². The molecule has 2 rings (SSSR count). The molecule has 17 heavy (non-hydrogen) atoms. The van der Waals surface area contributed by atoms with Crippen LogP contribution in [0, 0.1) is 17.8 Å². The van der Waals surface area contributed by atoms with Crippen LogP contribution in [0.25, 0.3) is 0 Å². The van der Waals surface area contributed by atoms with Gasteiger partial charge in [0.2, 0.25) is 5.95 Å². The van der Waals surface area contributed by atoms with Gasteiger partial charge < -0.3 is 5.32 Å². The molecule has 0 radical (unpaired) electrons. The van der Waals surface area contributed by atoms with Crippen LogP contribution in [0.4, 0.5) is 10.2 Å². The Morgan fingerprint density at radius 3 is 2.76 bits per heavy atom. The van der Waals surface area contributed by atoms with Gasteiger partial charge in [-0.3, -0.25) is 0 Å². The van der Waals surface area contributed by atoms with E-state index in [0.29, 0.717) is 23.7 Å². The molecule has 4 heteroatoms. The summed E-state index contributed by atoms with van der Waals surface area (Å²) in [4.78, 5) is 7.53. The molecule has 2 atom stereocenters. The molecular weight excluding hydrogens is 217 g/mol. The molecule has 0 aliphatic heterocycles. The predicted molar refractivity (Wildman–Crippen MR) is 66.2 cm³/mol. The largest absolute Gasteiger partial charge is 0.367 e. The highest BCUT2D eigenvalue weighted by atomic mass is 19.1. The van der Waals surface area contributed by atoms with Crippen LogP contribution < -0.4 is 5.32 Å².